The van der Waals surface area contributed by atoms with Crippen LogP contribution in [-0.2, 0) is 4.79 Å². The zero-order valence-corrected chi connectivity index (χ0v) is 12.7. The number of aromatic carboxylic acids is 1. The van der Waals surface area contributed by atoms with Crippen LogP contribution < -0.4 is 5.32 Å². The number of halogens is 2. The maximum absolute atomic E-state index is 13.3. The number of carbonyl (C=O) groups is 3. The van der Waals surface area contributed by atoms with E-state index in [0.29, 0.717) is 0 Å². The highest BCUT2D eigenvalue weighted by molar-refractivity contribution is 9.10. The second-order valence-corrected chi connectivity index (χ2v) is 5.63. The van der Waals surface area contributed by atoms with Gasteiger partial charge < -0.3 is 15.5 Å². The van der Waals surface area contributed by atoms with Gasteiger partial charge >= 0.3 is 12.1 Å². The van der Waals surface area contributed by atoms with Crippen LogP contribution >= 0.6 is 15.9 Å². The van der Waals surface area contributed by atoms with E-state index in [1.807, 2.05) is 0 Å². The van der Waals surface area contributed by atoms with Gasteiger partial charge in [0.05, 0.1) is 12.1 Å². The standard InChI is InChI=1S/C13H12BrFN2O5/c14-9-4-7(1-2-8(9)12(19)20)16-11(18)10-3-6(15)5-17(10)13(21)22/h1-2,4,6,10H,3,5H2,(H,16,18)(H,19,20)(H,21,22)/t6-,10+/m1/s1. The molecule has 2 amide bonds. The zero-order chi connectivity index (χ0) is 16.4. The third-order valence-corrected chi connectivity index (χ3v) is 3.92. The van der Waals surface area contributed by atoms with E-state index in [2.05, 4.69) is 21.2 Å². The molecule has 1 fully saturated rings. The molecule has 0 radical (unpaired) electrons. The molecule has 1 saturated heterocycles. The minimum absolute atomic E-state index is 0.0230. The Morgan fingerprint density at radius 1 is 1.32 bits per heavy atom. The fourth-order valence-corrected chi connectivity index (χ4v) is 2.78. The molecule has 0 aliphatic carbocycles. The molecule has 2 rings (SSSR count). The number of carboxylic acid groups (broad SMARTS) is 2. The van der Waals surface area contributed by atoms with Crippen molar-refractivity contribution in [1.82, 2.24) is 4.90 Å². The number of carboxylic acids is 1. The number of hydrogen-bond donors (Lipinski definition) is 3. The van der Waals surface area contributed by atoms with Crippen LogP contribution in [0.4, 0.5) is 14.9 Å². The monoisotopic (exact) mass is 374 g/mol. The largest absolute Gasteiger partial charge is 0.478 e. The van der Waals surface area contributed by atoms with Gasteiger partial charge in [-0.1, -0.05) is 0 Å². The van der Waals surface area contributed by atoms with Crippen molar-refractivity contribution in [3.63, 3.8) is 0 Å². The first-order chi connectivity index (χ1) is 10.3. The summed E-state index contributed by atoms with van der Waals surface area (Å²) >= 11 is 3.07. The Balaban J connectivity index is 2.13. The molecule has 1 aliphatic rings. The van der Waals surface area contributed by atoms with Crippen LogP contribution in [0.1, 0.15) is 16.8 Å². The van der Waals surface area contributed by atoms with E-state index in [0.717, 1.165) is 4.90 Å². The van der Waals surface area contributed by atoms with Gasteiger partial charge in [0.15, 0.2) is 0 Å². The summed E-state index contributed by atoms with van der Waals surface area (Å²) in [6, 6.07) is 2.95. The van der Waals surface area contributed by atoms with E-state index in [9.17, 15) is 18.8 Å². The van der Waals surface area contributed by atoms with Gasteiger partial charge in [-0.2, -0.15) is 0 Å². The first kappa shape index (κ1) is 16.2. The van der Waals surface area contributed by atoms with Crippen molar-refractivity contribution in [2.75, 3.05) is 11.9 Å². The average molecular weight is 375 g/mol. The first-order valence-corrected chi connectivity index (χ1v) is 7.06. The van der Waals surface area contributed by atoms with Crippen LogP contribution in [0.3, 0.4) is 0 Å². The predicted molar refractivity (Wildman–Crippen MR) is 77.8 cm³/mol. The van der Waals surface area contributed by atoms with Crippen LogP contribution in [0.25, 0.3) is 0 Å². The summed E-state index contributed by atoms with van der Waals surface area (Å²) in [5.41, 5.74) is 0.310. The Hall–Kier alpha value is -2.16. The van der Waals surface area contributed by atoms with Crippen LogP contribution in [0, 0.1) is 0 Å². The van der Waals surface area contributed by atoms with E-state index in [-0.39, 0.29) is 28.7 Å². The van der Waals surface area contributed by atoms with Gasteiger partial charge in [0, 0.05) is 16.6 Å². The van der Waals surface area contributed by atoms with Crippen LogP contribution in [0.2, 0.25) is 0 Å². The number of carbonyl (C=O) groups excluding carboxylic acids is 1. The minimum atomic E-state index is -1.38. The summed E-state index contributed by atoms with van der Waals surface area (Å²) in [6.45, 7) is -0.338. The Morgan fingerprint density at radius 3 is 2.55 bits per heavy atom. The summed E-state index contributed by atoms with van der Waals surface area (Å²) in [4.78, 5) is 34.7. The maximum Gasteiger partial charge on any atom is 0.408 e. The molecule has 3 N–H and O–H groups in total. The molecular formula is C13H12BrFN2O5. The van der Waals surface area contributed by atoms with E-state index in [1.54, 1.807) is 0 Å². The van der Waals surface area contributed by atoms with E-state index >= 15 is 0 Å². The highest BCUT2D eigenvalue weighted by Gasteiger charge is 2.39. The van der Waals surface area contributed by atoms with Crippen molar-refractivity contribution >= 4 is 39.6 Å². The summed E-state index contributed by atoms with van der Waals surface area (Å²) < 4.78 is 13.6. The molecule has 1 aromatic carbocycles. The minimum Gasteiger partial charge on any atom is -0.478 e. The summed E-state index contributed by atoms with van der Waals surface area (Å²) in [5, 5.41) is 20.3. The molecule has 2 atom stereocenters. The fourth-order valence-electron chi connectivity index (χ4n) is 2.24. The Bertz CT molecular complexity index is 639. The summed E-state index contributed by atoms with van der Waals surface area (Å²) in [6.07, 6.45) is -2.94. The molecular weight excluding hydrogens is 363 g/mol. The van der Waals surface area contributed by atoms with Crippen molar-refractivity contribution in [3.05, 3.63) is 28.2 Å². The second-order valence-electron chi connectivity index (χ2n) is 4.77. The number of benzene rings is 1. The lowest BCUT2D eigenvalue weighted by Gasteiger charge is -2.20. The number of likely N-dealkylation sites (tertiary alicyclic amines) is 1. The summed E-state index contributed by atoms with van der Waals surface area (Å²) in [7, 11) is 0. The van der Waals surface area contributed by atoms with Gasteiger partial charge in [0.25, 0.3) is 0 Å². The molecule has 1 aromatic rings. The molecule has 118 valence electrons. The molecule has 1 heterocycles. The van der Waals surface area contributed by atoms with Gasteiger partial charge in [-0.25, -0.2) is 14.0 Å². The normalized spacial score (nSPS) is 20.7. The third kappa shape index (κ3) is 3.35. The molecule has 9 heteroatoms. The van der Waals surface area contributed by atoms with Crippen molar-refractivity contribution in [3.8, 4) is 0 Å². The Labute approximate surface area is 132 Å². The highest BCUT2D eigenvalue weighted by atomic mass is 79.9. The number of amides is 2. The quantitative estimate of drug-likeness (QED) is 0.751. The topological polar surface area (TPSA) is 107 Å². The summed E-state index contributed by atoms with van der Waals surface area (Å²) in [5.74, 6) is -1.78. The van der Waals surface area contributed by atoms with Gasteiger partial charge in [-0.3, -0.25) is 9.69 Å². The molecule has 1 aliphatic heterocycles. The van der Waals surface area contributed by atoms with Crippen molar-refractivity contribution in [1.29, 1.82) is 0 Å². The maximum atomic E-state index is 13.3. The molecule has 0 spiro atoms. The van der Waals surface area contributed by atoms with Crippen molar-refractivity contribution < 1.29 is 29.0 Å². The smallest absolute Gasteiger partial charge is 0.408 e. The first-order valence-electron chi connectivity index (χ1n) is 6.27. The average Bonchev–Trinajstić information content (AvgIpc) is 2.81. The van der Waals surface area contributed by atoms with Crippen molar-refractivity contribution in [2.45, 2.75) is 18.6 Å². The number of hydrogen-bond acceptors (Lipinski definition) is 3. The van der Waals surface area contributed by atoms with Crippen LogP contribution in [0.15, 0.2) is 22.7 Å². The second kappa shape index (κ2) is 6.30. The van der Waals surface area contributed by atoms with E-state index in [4.69, 9.17) is 10.2 Å². The van der Waals surface area contributed by atoms with Crippen molar-refractivity contribution in [2.24, 2.45) is 0 Å². The molecule has 0 saturated carbocycles. The van der Waals surface area contributed by atoms with Gasteiger partial charge in [-0.05, 0) is 34.1 Å². The SMILES string of the molecule is O=C(O)c1ccc(NC(=O)[C@@H]2C[C@@H](F)CN2C(=O)O)cc1Br. The molecule has 0 aromatic heterocycles. The Morgan fingerprint density at radius 2 is 2.00 bits per heavy atom. The predicted octanol–water partition coefficient (Wildman–Crippen LogP) is 2.18. The third-order valence-electron chi connectivity index (χ3n) is 3.27. The van der Waals surface area contributed by atoms with Gasteiger partial charge in [-0.15, -0.1) is 0 Å². The lowest BCUT2D eigenvalue weighted by molar-refractivity contribution is -0.119. The van der Waals surface area contributed by atoms with E-state index < -0.39 is 30.2 Å². The van der Waals surface area contributed by atoms with Crippen LogP contribution in [-0.4, -0.2) is 51.8 Å². The number of alkyl halides is 1. The molecule has 22 heavy (non-hydrogen) atoms. The Kier molecular flexibility index (Phi) is 4.65. The van der Waals surface area contributed by atoms with E-state index in [1.165, 1.54) is 18.2 Å². The van der Waals surface area contributed by atoms with Gasteiger partial charge in [0.2, 0.25) is 5.91 Å². The fraction of sp³-hybridized carbons (Fsp3) is 0.308. The number of nitrogens with zero attached hydrogens (tertiary/aromatic N) is 1. The zero-order valence-electron chi connectivity index (χ0n) is 11.1. The van der Waals surface area contributed by atoms with Gasteiger partial charge in [0.1, 0.15) is 12.2 Å². The molecule has 7 nitrogen and oxygen atoms in total. The number of anilines is 1. The highest BCUT2D eigenvalue weighted by Crippen LogP contribution is 2.24. The lowest BCUT2D eigenvalue weighted by atomic mass is 10.1. The van der Waals surface area contributed by atoms with Crippen LogP contribution in [0.5, 0.6) is 0 Å². The lowest BCUT2D eigenvalue weighted by Crippen LogP contribution is -2.42. The number of rotatable bonds is 3. The molecule has 0 unspecified atom stereocenters. The number of nitrogens with one attached hydrogen (secondary N) is 1. The molecule has 0 bridgehead atoms.